The predicted molar refractivity (Wildman–Crippen MR) is 118 cm³/mol. The van der Waals surface area contributed by atoms with E-state index in [1.54, 1.807) is 36.5 Å². The van der Waals surface area contributed by atoms with Crippen molar-refractivity contribution >= 4 is 45.5 Å². The van der Waals surface area contributed by atoms with E-state index in [-0.39, 0.29) is 35.0 Å². The first-order valence-corrected chi connectivity index (χ1v) is 10.4. The number of halogens is 1. The van der Waals surface area contributed by atoms with E-state index in [4.69, 9.17) is 12.2 Å². The van der Waals surface area contributed by atoms with Crippen LogP contribution in [0.2, 0.25) is 0 Å². The number of aromatic amines is 1. The van der Waals surface area contributed by atoms with Gasteiger partial charge in [-0.2, -0.15) is 0 Å². The Morgan fingerprint density at radius 3 is 2.77 bits per heavy atom. The Hall–Kier alpha value is -3.17. The molecular formula is C21H17FN4O2S2. The lowest BCUT2D eigenvalue weighted by atomic mass is 10.1. The molecule has 9 heteroatoms. The first-order valence-electron chi connectivity index (χ1n) is 9.20. The fourth-order valence-electron chi connectivity index (χ4n) is 3.05. The average Bonchev–Trinajstić information content (AvgIpc) is 3.16. The van der Waals surface area contributed by atoms with Crippen molar-refractivity contribution in [2.24, 2.45) is 0 Å². The van der Waals surface area contributed by atoms with E-state index in [1.165, 1.54) is 28.0 Å². The number of thiazole rings is 1. The lowest BCUT2D eigenvalue weighted by molar-refractivity contribution is -0.116. The molecule has 0 saturated carbocycles. The number of H-pyrrole nitrogens is 1. The normalized spacial score (nSPS) is 11.0. The number of benzene rings is 2. The number of nitrogens with zero attached hydrogens (tertiary/aromatic N) is 2. The Kier molecular flexibility index (Phi) is 5.82. The van der Waals surface area contributed by atoms with E-state index in [0.29, 0.717) is 22.5 Å². The highest BCUT2D eigenvalue weighted by molar-refractivity contribution is 7.71. The number of fused-ring (bicyclic) bond motifs is 1. The zero-order chi connectivity index (χ0) is 21.1. The first kappa shape index (κ1) is 20.1. The van der Waals surface area contributed by atoms with Crippen molar-refractivity contribution < 1.29 is 9.18 Å². The van der Waals surface area contributed by atoms with Crippen LogP contribution in [-0.2, 0) is 17.8 Å². The van der Waals surface area contributed by atoms with Crippen LogP contribution in [0, 0.1) is 10.6 Å². The summed E-state index contributed by atoms with van der Waals surface area (Å²) in [4.78, 5) is 33.1. The number of nitrogens with one attached hydrogen (secondary N) is 2. The van der Waals surface area contributed by atoms with Gasteiger partial charge in [0.2, 0.25) is 5.91 Å². The molecule has 0 aliphatic rings. The van der Waals surface area contributed by atoms with Crippen molar-refractivity contribution in [2.75, 3.05) is 5.32 Å². The fraction of sp³-hybridized carbons (Fsp3) is 0.143. The minimum atomic E-state index is -0.277. The fourth-order valence-corrected chi connectivity index (χ4v) is 4.19. The number of amides is 1. The molecule has 4 aromatic rings. The molecule has 0 saturated heterocycles. The molecule has 0 aliphatic carbocycles. The number of carbonyl (C=O) groups is 1. The second-order valence-electron chi connectivity index (χ2n) is 6.67. The topological polar surface area (TPSA) is 79.8 Å². The van der Waals surface area contributed by atoms with Crippen molar-refractivity contribution in [3.05, 3.63) is 86.1 Å². The number of carbonyl (C=O) groups excluding carboxylic acids is 1. The summed E-state index contributed by atoms with van der Waals surface area (Å²) in [6.07, 6.45) is 2.38. The van der Waals surface area contributed by atoms with Crippen molar-refractivity contribution in [2.45, 2.75) is 19.4 Å². The number of rotatable bonds is 6. The Morgan fingerprint density at radius 2 is 1.97 bits per heavy atom. The van der Waals surface area contributed by atoms with E-state index < -0.39 is 0 Å². The third-order valence-corrected chi connectivity index (χ3v) is 5.78. The summed E-state index contributed by atoms with van der Waals surface area (Å²) < 4.78 is 14.7. The summed E-state index contributed by atoms with van der Waals surface area (Å²) in [6.45, 7) is 0.165. The predicted octanol–water partition coefficient (Wildman–Crippen LogP) is 4.27. The van der Waals surface area contributed by atoms with Gasteiger partial charge in [0, 0.05) is 30.5 Å². The van der Waals surface area contributed by atoms with Gasteiger partial charge in [0.15, 0.2) is 9.90 Å². The Balaban J connectivity index is 1.39. The number of para-hydroxylation sites is 1. The van der Waals surface area contributed by atoms with Crippen LogP contribution in [-0.4, -0.2) is 20.4 Å². The molecule has 0 fully saturated rings. The lowest BCUT2D eigenvalue weighted by Gasteiger charge is -2.07. The molecule has 0 unspecified atom stereocenters. The van der Waals surface area contributed by atoms with Crippen LogP contribution in [0.5, 0.6) is 0 Å². The van der Waals surface area contributed by atoms with Gasteiger partial charge < -0.3 is 10.3 Å². The van der Waals surface area contributed by atoms with Crippen molar-refractivity contribution in [3.8, 4) is 0 Å². The van der Waals surface area contributed by atoms with Gasteiger partial charge in [0.25, 0.3) is 5.56 Å². The van der Waals surface area contributed by atoms with Gasteiger partial charge >= 0.3 is 0 Å². The molecular weight excluding hydrogens is 423 g/mol. The quantitative estimate of drug-likeness (QED) is 0.439. The Morgan fingerprint density at radius 1 is 1.20 bits per heavy atom. The number of aromatic nitrogens is 3. The van der Waals surface area contributed by atoms with E-state index >= 15 is 0 Å². The van der Waals surface area contributed by atoms with Crippen LogP contribution in [0.25, 0.3) is 10.9 Å². The second kappa shape index (κ2) is 8.68. The van der Waals surface area contributed by atoms with Crippen LogP contribution in [0.1, 0.15) is 16.9 Å². The van der Waals surface area contributed by atoms with Crippen molar-refractivity contribution in [1.29, 1.82) is 0 Å². The number of hydrogen-bond donors (Lipinski definition) is 2. The van der Waals surface area contributed by atoms with Gasteiger partial charge in [0.1, 0.15) is 5.82 Å². The van der Waals surface area contributed by atoms with Gasteiger partial charge in [-0.05, 0) is 42.0 Å². The number of hydrogen-bond acceptors (Lipinski definition) is 5. The van der Waals surface area contributed by atoms with Gasteiger partial charge in [-0.25, -0.2) is 9.37 Å². The van der Waals surface area contributed by atoms with E-state index in [2.05, 4.69) is 15.3 Å². The zero-order valence-corrected chi connectivity index (χ0v) is 17.4. The molecule has 1 amide bonds. The summed E-state index contributed by atoms with van der Waals surface area (Å²) in [5.74, 6) is -0.534. The Bertz CT molecular complexity index is 1330. The van der Waals surface area contributed by atoms with Gasteiger partial charge in [0.05, 0.1) is 10.9 Å². The van der Waals surface area contributed by atoms with Crippen LogP contribution in [0.4, 0.5) is 9.52 Å². The molecule has 0 bridgehead atoms. The zero-order valence-electron chi connectivity index (χ0n) is 15.7. The first-order chi connectivity index (χ1) is 14.5. The molecule has 0 aliphatic heterocycles. The molecule has 2 aromatic carbocycles. The molecule has 0 radical (unpaired) electrons. The summed E-state index contributed by atoms with van der Waals surface area (Å²) in [7, 11) is 0. The standard InChI is InChI=1S/C21H17FN4O2S2/c22-14-7-5-13(6-8-14)11-15-12-23-20(30-15)25-18(27)9-10-26-19(28)16-3-1-2-4-17(16)24-21(26)29/h1-8,12H,9-11H2,(H,24,29)(H,23,25,27). The van der Waals surface area contributed by atoms with Crippen LogP contribution in [0.3, 0.4) is 0 Å². The van der Waals surface area contributed by atoms with Crippen LogP contribution < -0.4 is 10.9 Å². The average molecular weight is 441 g/mol. The minimum absolute atomic E-state index is 0.0859. The molecule has 152 valence electrons. The summed E-state index contributed by atoms with van der Waals surface area (Å²) in [5, 5.41) is 3.76. The lowest BCUT2D eigenvalue weighted by Crippen LogP contribution is -2.25. The largest absolute Gasteiger partial charge is 0.332 e. The molecule has 30 heavy (non-hydrogen) atoms. The van der Waals surface area contributed by atoms with E-state index in [9.17, 15) is 14.0 Å². The molecule has 4 rings (SSSR count). The molecule has 2 N–H and O–H groups in total. The molecule has 6 nitrogen and oxygen atoms in total. The maximum absolute atomic E-state index is 13.0. The van der Waals surface area contributed by atoms with Gasteiger partial charge in [-0.3, -0.25) is 14.2 Å². The minimum Gasteiger partial charge on any atom is -0.332 e. The third kappa shape index (κ3) is 4.52. The molecule has 2 heterocycles. The summed E-state index contributed by atoms with van der Waals surface area (Å²) >= 11 is 6.62. The summed E-state index contributed by atoms with van der Waals surface area (Å²) in [5.41, 5.74) is 1.41. The smallest absolute Gasteiger partial charge is 0.262 e. The van der Waals surface area contributed by atoms with Crippen LogP contribution >= 0.6 is 23.6 Å². The van der Waals surface area contributed by atoms with Crippen molar-refractivity contribution in [3.63, 3.8) is 0 Å². The van der Waals surface area contributed by atoms with Crippen LogP contribution in [0.15, 0.2) is 59.5 Å². The second-order valence-corrected chi connectivity index (χ2v) is 8.17. The Labute approximate surface area is 180 Å². The molecule has 2 aromatic heterocycles. The van der Waals surface area contributed by atoms with Gasteiger partial charge in [-0.15, -0.1) is 11.3 Å². The van der Waals surface area contributed by atoms with Crippen molar-refractivity contribution in [1.82, 2.24) is 14.5 Å². The maximum atomic E-state index is 13.0. The SMILES string of the molecule is O=C(CCn1c(=S)[nH]c2ccccc2c1=O)Nc1ncc(Cc2ccc(F)cc2)s1. The van der Waals surface area contributed by atoms with E-state index in [1.807, 2.05) is 6.07 Å². The monoisotopic (exact) mass is 440 g/mol. The highest BCUT2D eigenvalue weighted by atomic mass is 32.1. The molecule has 0 atom stereocenters. The number of anilines is 1. The highest BCUT2D eigenvalue weighted by Crippen LogP contribution is 2.21. The molecule has 0 spiro atoms. The van der Waals surface area contributed by atoms with E-state index in [0.717, 1.165) is 10.4 Å². The third-order valence-electron chi connectivity index (χ3n) is 4.54. The summed E-state index contributed by atoms with van der Waals surface area (Å²) in [6, 6.07) is 13.4. The van der Waals surface area contributed by atoms with Gasteiger partial charge in [-0.1, -0.05) is 24.3 Å². The highest BCUT2D eigenvalue weighted by Gasteiger charge is 2.10. The maximum Gasteiger partial charge on any atom is 0.262 e.